The van der Waals surface area contributed by atoms with E-state index in [4.69, 9.17) is 4.74 Å². The third-order valence-corrected chi connectivity index (χ3v) is 5.29. The lowest BCUT2D eigenvalue weighted by molar-refractivity contribution is -0.0228. The fraction of sp³-hybridized carbons (Fsp3) is 0.318. The first-order valence-corrected chi connectivity index (χ1v) is 9.80. The van der Waals surface area contributed by atoms with Crippen LogP contribution in [0, 0.1) is 5.82 Å². The quantitative estimate of drug-likeness (QED) is 0.718. The number of morpholine rings is 1. The second-order valence-electron chi connectivity index (χ2n) is 7.62. The summed E-state index contributed by atoms with van der Waals surface area (Å²) in [6.07, 6.45) is -0.346. The second kappa shape index (κ2) is 7.87. The Labute approximate surface area is 171 Å². The number of hydrogen-bond acceptors (Lipinski definition) is 4. The molecule has 2 aromatic carbocycles. The number of fused-ring (bicyclic) bond motifs is 1. The van der Waals surface area contributed by atoms with E-state index in [1.165, 1.54) is 18.2 Å². The van der Waals surface area contributed by atoms with Gasteiger partial charge in [-0.1, -0.05) is 12.1 Å². The van der Waals surface area contributed by atoms with Gasteiger partial charge in [-0.05, 0) is 49.7 Å². The Morgan fingerprint density at radius 1 is 1.17 bits per heavy atom. The molecule has 8 heteroatoms. The molecule has 1 aliphatic heterocycles. The van der Waals surface area contributed by atoms with Crippen molar-refractivity contribution >= 4 is 16.8 Å². The maximum absolute atomic E-state index is 13.2. The van der Waals surface area contributed by atoms with Gasteiger partial charge in [0.2, 0.25) is 0 Å². The van der Waals surface area contributed by atoms with Crippen LogP contribution >= 0.6 is 0 Å². The number of hydrogen-bond donors (Lipinski definition) is 1. The highest BCUT2D eigenvalue weighted by Gasteiger charge is 2.26. The van der Waals surface area contributed by atoms with E-state index in [1.807, 2.05) is 0 Å². The lowest BCUT2D eigenvalue weighted by atomic mass is 10.1. The molecule has 1 fully saturated rings. The minimum atomic E-state index is -0.505. The number of rotatable bonds is 3. The zero-order valence-corrected chi connectivity index (χ0v) is 16.7. The van der Waals surface area contributed by atoms with Crippen molar-refractivity contribution in [3.63, 3.8) is 0 Å². The fourth-order valence-electron chi connectivity index (χ4n) is 3.73. The van der Waals surface area contributed by atoms with Gasteiger partial charge in [-0.3, -0.25) is 14.2 Å². The highest BCUT2D eigenvalue weighted by molar-refractivity contribution is 5.97. The number of H-pyrrole nitrogens is 1. The van der Waals surface area contributed by atoms with Crippen LogP contribution in [0.3, 0.4) is 0 Å². The first-order chi connectivity index (χ1) is 14.3. The van der Waals surface area contributed by atoms with Crippen molar-refractivity contribution in [2.75, 3.05) is 19.7 Å². The molecule has 0 unspecified atom stereocenters. The molecule has 1 aromatic heterocycles. The number of carbonyl (C=O) groups is 1. The van der Waals surface area contributed by atoms with Crippen LogP contribution in [0.15, 0.2) is 52.1 Å². The third kappa shape index (κ3) is 3.66. The van der Waals surface area contributed by atoms with E-state index < -0.39 is 5.69 Å². The van der Waals surface area contributed by atoms with Crippen LogP contribution in [0.2, 0.25) is 0 Å². The Morgan fingerprint density at radius 3 is 2.60 bits per heavy atom. The lowest BCUT2D eigenvalue weighted by Crippen LogP contribution is -2.42. The zero-order chi connectivity index (χ0) is 21.4. The van der Waals surface area contributed by atoms with Crippen molar-refractivity contribution in [1.82, 2.24) is 14.5 Å². The molecule has 0 bridgehead atoms. The lowest BCUT2D eigenvalue weighted by Gasteiger charge is -2.33. The van der Waals surface area contributed by atoms with Crippen LogP contribution in [0.5, 0.6) is 0 Å². The van der Waals surface area contributed by atoms with Gasteiger partial charge in [-0.2, -0.15) is 0 Å². The number of nitrogens with one attached hydrogen (secondary N) is 1. The van der Waals surface area contributed by atoms with Crippen LogP contribution in [0.25, 0.3) is 10.9 Å². The van der Waals surface area contributed by atoms with E-state index in [2.05, 4.69) is 4.98 Å². The standard InChI is InChI=1S/C22H22FN3O4/c1-13(2)26-21(28)17-8-5-15(11-18(17)24-22(26)29)20(27)25-9-10-30-19(12-25)14-3-6-16(23)7-4-14/h3-8,11,13,19H,9-10,12H2,1-2H3,(H,24,29)/t19-/m1/s1. The summed E-state index contributed by atoms with van der Waals surface area (Å²) in [6.45, 7) is 4.62. The molecular weight excluding hydrogens is 389 g/mol. The third-order valence-electron chi connectivity index (χ3n) is 5.29. The van der Waals surface area contributed by atoms with Crippen molar-refractivity contribution in [3.8, 4) is 0 Å². The highest BCUT2D eigenvalue weighted by Crippen LogP contribution is 2.24. The molecule has 0 radical (unpaired) electrons. The number of halogens is 1. The van der Waals surface area contributed by atoms with Crippen LogP contribution in [-0.4, -0.2) is 40.1 Å². The minimum Gasteiger partial charge on any atom is -0.370 e. The fourth-order valence-corrected chi connectivity index (χ4v) is 3.73. The van der Waals surface area contributed by atoms with Gasteiger partial charge < -0.3 is 14.6 Å². The highest BCUT2D eigenvalue weighted by atomic mass is 19.1. The molecule has 4 rings (SSSR count). The van der Waals surface area contributed by atoms with Crippen LogP contribution in [0.1, 0.15) is 41.9 Å². The van der Waals surface area contributed by atoms with E-state index in [1.54, 1.807) is 43.0 Å². The predicted octanol–water partition coefficient (Wildman–Crippen LogP) is 2.62. The molecule has 1 N–H and O–H groups in total. The van der Waals surface area contributed by atoms with Crippen molar-refractivity contribution in [1.29, 1.82) is 0 Å². The van der Waals surface area contributed by atoms with Crippen molar-refractivity contribution in [2.45, 2.75) is 26.0 Å². The van der Waals surface area contributed by atoms with Gasteiger partial charge in [0.15, 0.2) is 0 Å². The Balaban J connectivity index is 1.62. The average molecular weight is 411 g/mol. The largest absolute Gasteiger partial charge is 0.370 e. The molecule has 1 aliphatic rings. The number of carbonyl (C=O) groups excluding carboxylic acids is 1. The summed E-state index contributed by atoms with van der Waals surface area (Å²) >= 11 is 0. The normalized spacial score (nSPS) is 16.9. The van der Waals surface area contributed by atoms with Crippen molar-refractivity contribution < 1.29 is 13.9 Å². The summed E-state index contributed by atoms with van der Waals surface area (Å²) < 4.78 is 20.1. The number of ether oxygens (including phenoxy) is 1. The first kappa shape index (κ1) is 20.0. The van der Waals surface area contributed by atoms with E-state index in [9.17, 15) is 18.8 Å². The molecule has 156 valence electrons. The molecule has 2 heterocycles. The smallest absolute Gasteiger partial charge is 0.329 e. The Hall–Kier alpha value is -3.26. The Bertz CT molecular complexity index is 1210. The van der Waals surface area contributed by atoms with Crippen LogP contribution in [-0.2, 0) is 4.74 Å². The topological polar surface area (TPSA) is 84.4 Å². The molecular formula is C22H22FN3O4. The average Bonchev–Trinajstić information content (AvgIpc) is 2.73. The number of nitrogens with zero attached hydrogens (tertiary/aromatic N) is 2. The number of amides is 1. The minimum absolute atomic E-state index is 0.221. The van der Waals surface area contributed by atoms with Gasteiger partial charge in [0.1, 0.15) is 11.9 Å². The Morgan fingerprint density at radius 2 is 1.90 bits per heavy atom. The molecule has 1 amide bonds. The molecule has 7 nitrogen and oxygen atoms in total. The summed E-state index contributed by atoms with van der Waals surface area (Å²) in [5.41, 5.74) is 0.613. The van der Waals surface area contributed by atoms with Crippen molar-refractivity contribution in [3.05, 3.63) is 80.2 Å². The molecule has 0 aliphatic carbocycles. The van der Waals surface area contributed by atoms with Gasteiger partial charge in [0.25, 0.3) is 11.5 Å². The van der Waals surface area contributed by atoms with Gasteiger partial charge in [0, 0.05) is 18.2 Å². The first-order valence-electron chi connectivity index (χ1n) is 9.80. The molecule has 0 saturated carbocycles. The number of aromatic amines is 1. The molecule has 0 spiro atoms. The molecule has 30 heavy (non-hydrogen) atoms. The maximum atomic E-state index is 13.2. The number of benzene rings is 2. The van der Waals surface area contributed by atoms with Gasteiger partial charge in [-0.15, -0.1) is 0 Å². The zero-order valence-electron chi connectivity index (χ0n) is 16.7. The molecule has 1 saturated heterocycles. The second-order valence-corrected chi connectivity index (χ2v) is 7.62. The van der Waals surface area contributed by atoms with Gasteiger partial charge in [-0.25, -0.2) is 9.18 Å². The van der Waals surface area contributed by atoms with E-state index >= 15 is 0 Å². The van der Waals surface area contributed by atoms with E-state index in [0.29, 0.717) is 36.2 Å². The maximum Gasteiger partial charge on any atom is 0.329 e. The van der Waals surface area contributed by atoms with Gasteiger partial charge in [0.05, 0.1) is 24.1 Å². The monoisotopic (exact) mass is 411 g/mol. The van der Waals surface area contributed by atoms with Crippen LogP contribution < -0.4 is 11.2 Å². The summed E-state index contributed by atoms with van der Waals surface area (Å²) in [5, 5.41) is 0.353. The van der Waals surface area contributed by atoms with E-state index in [-0.39, 0.29) is 29.4 Å². The SMILES string of the molecule is CC(C)n1c(=O)[nH]c2cc(C(=O)N3CCO[C@@H](c4ccc(F)cc4)C3)ccc2c1=O. The number of aromatic nitrogens is 2. The summed E-state index contributed by atoms with van der Waals surface area (Å²) in [4.78, 5) is 42.3. The van der Waals surface area contributed by atoms with Crippen LogP contribution in [0.4, 0.5) is 4.39 Å². The summed E-state index contributed by atoms with van der Waals surface area (Å²) in [5.74, 6) is -0.551. The Kier molecular flexibility index (Phi) is 5.26. The molecule has 3 aromatic rings. The van der Waals surface area contributed by atoms with Crippen molar-refractivity contribution in [2.24, 2.45) is 0 Å². The van der Waals surface area contributed by atoms with E-state index in [0.717, 1.165) is 10.1 Å². The summed E-state index contributed by atoms with van der Waals surface area (Å²) in [7, 11) is 0. The molecule has 1 atom stereocenters. The van der Waals surface area contributed by atoms with Gasteiger partial charge >= 0.3 is 5.69 Å². The predicted molar refractivity (Wildman–Crippen MR) is 110 cm³/mol. The summed E-state index contributed by atoms with van der Waals surface area (Å²) in [6, 6.07) is 10.4.